The monoisotopic (exact) mass is 267 g/mol. The number of hydrogen-bond donors (Lipinski definition) is 2. The van der Waals surface area contributed by atoms with Crippen LogP contribution in [0, 0.1) is 11.2 Å². The Bertz CT molecular complexity index is 358. The number of hydrogen-bond acceptors (Lipinski definition) is 2. The Hall–Kier alpha value is -0.350. The van der Waals surface area contributed by atoms with Crippen LogP contribution in [0.3, 0.4) is 0 Å². The van der Waals surface area contributed by atoms with Crippen molar-refractivity contribution in [1.29, 1.82) is 0 Å². The van der Waals surface area contributed by atoms with Gasteiger partial charge in [0.1, 0.15) is 5.82 Å². The lowest BCUT2D eigenvalue weighted by Crippen LogP contribution is -2.32. The van der Waals surface area contributed by atoms with E-state index in [1.807, 2.05) is 13.8 Å². The maximum absolute atomic E-state index is 12.9. The Kier molecular flexibility index (Phi) is 5.70. The quantitative estimate of drug-likeness (QED) is 0.885. The first-order valence-corrected chi connectivity index (χ1v) is 5.07. The molecule has 16 heavy (non-hydrogen) atoms. The molecule has 0 radical (unpaired) electrons. The summed E-state index contributed by atoms with van der Waals surface area (Å²) in [5, 5.41) is 9.22. The van der Waals surface area contributed by atoms with Crippen molar-refractivity contribution in [2.45, 2.75) is 19.9 Å². The van der Waals surface area contributed by atoms with Gasteiger partial charge >= 0.3 is 0 Å². The molecular weight excluding hydrogens is 252 g/mol. The molecule has 92 valence electrons. The van der Waals surface area contributed by atoms with Gasteiger partial charge in [-0.3, -0.25) is 0 Å². The molecule has 2 nitrogen and oxygen atoms in total. The molecule has 1 atom stereocenters. The molecule has 0 aliphatic heterocycles. The van der Waals surface area contributed by atoms with Crippen molar-refractivity contribution in [3.8, 4) is 0 Å². The standard InChI is InChI=1S/C11H15ClFNO.ClH/c1-11(2,6-15)10(14)7-3-4-9(13)8(12)5-7;/h3-5,10,15H,6,14H2,1-2H3;1H/t10-;/m0./s1. The average Bonchev–Trinajstić information content (AvgIpc) is 2.21. The third kappa shape index (κ3) is 3.32. The molecule has 0 saturated heterocycles. The summed E-state index contributed by atoms with van der Waals surface area (Å²) in [5.41, 5.74) is 6.23. The molecule has 0 spiro atoms. The van der Waals surface area contributed by atoms with Gasteiger partial charge in [-0.05, 0) is 17.7 Å². The van der Waals surface area contributed by atoms with Gasteiger partial charge in [0, 0.05) is 18.1 Å². The SMILES string of the molecule is CC(C)(CO)[C@@H](N)c1ccc(F)c(Cl)c1.Cl. The van der Waals surface area contributed by atoms with E-state index in [2.05, 4.69) is 0 Å². The molecule has 0 aromatic heterocycles. The second-order valence-electron chi connectivity index (χ2n) is 4.30. The van der Waals surface area contributed by atoms with E-state index in [9.17, 15) is 4.39 Å². The number of aliphatic hydroxyl groups excluding tert-OH is 1. The van der Waals surface area contributed by atoms with E-state index in [0.29, 0.717) is 0 Å². The second-order valence-corrected chi connectivity index (χ2v) is 4.71. The van der Waals surface area contributed by atoms with E-state index < -0.39 is 11.2 Å². The van der Waals surface area contributed by atoms with E-state index in [-0.39, 0.29) is 30.1 Å². The van der Waals surface area contributed by atoms with Crippen LogP contribution in [0.2, 0.25) is 5.02 Å². The minimum absolute atomic E-state index is 0. The Labute approximate surface area is 106 Å². The summed E-state index contributed by atoms with van der Waals surface area (Å²) in [6.07, 6.45) is 0. The zero-order chi connectivity index (χ0) is 11.6. The highest BCUT2D eigenvalue weighted by Crippen LogP contribution is 2.32. The third-order valence-electron chi connectivity index (χ3n) is 2.55. The first kappa shape index (κ1) is 15.7. The average molecular weight is 268 g/mol. The minimum Gasteiger partial charge on any atom is -0.396 e. The molecule has 1 aromatic carbocycles. The molecule has 1 aromatic rings. The second kappa shape index (κ2) is 5.82. The maximum atomic E-state index is 12.9. The smallest absolute Gasteiger partial charge is 0.141 e. The summed E-state index contributed by atoms with van der Waals surface area (Å²) >= 11 is 5.66. The highest BCUT2D eigenvalue weighted by atomic mass is 35.5. The van der Waals surface area contributed by atoms with Crippen molar-refractivity contribution in [3.63, 3.8) is 0 Å². The summed E-state index contributed by atoms with van der Waals surface area (Å²) in [7, 11) is 0. The number of rotatable bonds is 3. The van der Waals surface area contributed by atoms with Crippen LogP contribution in [0.5, 0.6) is 0 Å². The van der Waals surface area contributed by atoms with Crippen molar-refractivity contribution in [2.24, 2.45) is 11.1 Å². The minimum atomic E-state index is -0.463. The predicted molar refractivity (Wildman–Crippen MR) is 66.5 cm³/mol. The Morgan fingerprint density at radius 3 is 2.50 bits per heavy atom. The molecule has 0 aliphatic rings. The van der Waals surface area contributed by atoms with Crippen molar-refractivity contribution in [3.05, 3.63) is 34.6 Å². The van der Waals surface area contributed by atoms with E-state index in [1.54, 1.807) is 6.07 Å². The zero-order valence-corrected chi connectivity index (χ0v) is 10.8. The number of benzene rings is 1. The molecule has 0 saturated carbocycles. The largest absolute Gasteiger partial charge is 0.396 e. The lowest BCUT2D eigenvalue weighted by atomic mass is 9.82. The van der Waals surface area contributed by atoms with Crippen LogP contribution in [-0.2, 0) is 0 Å². The molecule has 3 N–H and O–H groups in total. The van der Waals surface area contributed by atoms with Crippen molar-refractivity contribution >= 4 is 24.0 Å². The lowest BCUT2D eigenvalue weighted by Gasteiger charge is -2.29. The molecule has 1 rings (SSSR count). The molecular formula is C11H16Cl2FNO. The lowest BCUT2D eigenvalue weighted by molar-refractivity contribution is 0.132. The van der Waals surface area contributed by atoms with E-state index in [4.69, 9.17) is 22.4 Å². The first-order chi connectivity index (χ1) is 6.88. The van der Waals surface area contributed by atoms with E-state index in [0.717, 1.165) is 5.56 Å². The van der Waals surface area contributed by atoms with Gasteiger partial charge in [-0.25, -0.2) is 4.39 Å². The molecule has 0 aliphatic carbocycles. The fraction of sp³-hybridized carbons (Fsp3) is 0.455. The fourth-order valence-corrected chi connectivity index (χ4v) is 1.44. The fourth-order valence-electron chi connectivity index (χ4n) is 1.26. The van der Waals surface area contributed by atoms with Gasteiger partial charge in [0.05, 0.1) is 5.02 Å². The van der Waals surface area contributed by atoms with Crippen LogP contribution < -0.4 is 5.73 Å². The topological polar surface area (TPSA) is 46.2 Å². The zero-order valence-electron chi connectivity index (χ0n) is 9.21. The third-order valence-corrected chi connectivity index (χ3v) is 2.84. The van der Waals surface area contributed by atoms with Crippen LogP contribution in [0.1, 0.15) is 25.5 Å². The van der Waals surface area contributed by atoms with Gasteiger partial charge in [-0.1, -0.05) is 31.5 Å². The van der Waals surface area contributed by atoms with Crippen LogP contribution in [0.25, 0.3) is 0 Å². The van der Waals surface area contributed by atoms with Crippen LogP contribution in [0.15, 0.2) is 18.2 Å². The summed E-state index contributed by atoms with van der Waals surface area (Å²) in [5.74, 6) is -0.463. The van der Waals surface area contributed by atoms with Crippen molar-refractivity contribution in [2.75, 3.05) is 6.61 Å². The highest BCUT2D eigenvalue weighted by molar-refractivity contribution is 6.30. The Morgan fingerprint density at radius 1 is 1.50 bits per heavy atom. The molecule has 0 unspecified atom stereocenters. The van der Waals surface area contributed by atoms with Gasteiger partial charge in [0.15, 0.2) is 0 Å². The van der Waals surface area contributed by atoms with Crippen LogP contribution in [0.4, 0.5) is 4.39 Å². The van der Waals surface area contributed by atoms with Gasteiger partial charge < -0.3 is 10.8 Å². The van der Waals surface area contributed by atoms with Crippen molar-refractivity contribution in [1.82, 2.24) is 0 Å². The summed E-state index contributed by atoms with van der Waals surface area (Å²) in [6, 6.07) is 3.99. The van der Waals surface area contributed by atoms with Crippen molar-refractivity contribution < 1.29 is 9.50 Å². The van der Waals surface area contributed by atoms with Gasteiger partial charge in [-0.2, -0.15) is 0 Å². The van der Waals surface area contributed by atoms with E-state index >= 15 is 0 Å². The van der Waals surface area contributed by atoms with Crippen LogP contribution in [-0.4, -0.2) is 11.7 Å². The molecule has 5 heteroatoms. The van der Waals surface area contributed by atoms with Crippen LogP contribution >= 0.6 is 24.0 Å². The molecule has 0 heterocycles. The molecule has 0 bridgehead atoms. The number of halogens is 3. The Balaban J connectivity index is 0.00000225. The number of aliphatic hydroxyl groups is 1. The Morgan fingerprint density at radius 2 is 2.06 bits per heavy atom. The normalized spacial score (nSPS) is 13.1. The molecule has 0 fully saturated rings. The highest BCUT2D eigenvalue weighted by Gasteiger charge is 2.27. The molecule has 0 amide bonds. The predicted octanol–water partition coefficient (Wildman–Crippen LogP) is 2.92. The number of nitrogens with two attached hydrogens (primary N) is 1. The van der Waals surface area contributed by atoms with Gasteiger partial charge in [-0.15, -0.1) is 12.4 Å². The van der Waals surface area contributed by atoms with Gasteiger partial charge in [0.2, 0.25) is 0 Å². The summed E-state index contributed by atoms with van der Waals surface area (Å²) < 4.78 is 12.9. The summed E-state index contributed by atoms with van der Waals surface area (Å²) in [4.78, 5) is 0. The van der Waals surface area contributed by atoms with Gasteiger partial charge in [0.25, 0.3) is 0 Å². The van der Waals surface area contributed by atoms with E-state index in [1.165, 1.54) is 12.1 Å². The summed E-state index contributed by atoms with van der Waals surface area (Å²) in [6.45, 7) is 3.65. The first-order valence-electron chi connectivity index (χ1n) is 4.70. The maximum Gasteiger partial charge on any atom is 0.141 e.